The van der Waals surface area contributed by atoms with Crippen LogP contribution in [-0.2, 0) is 14.3 Å². The highest BCUT2D eigenvalue weighted by Crippen LogP contribution is 2.55. The van der Waals surface area contributed by atoms with E-state index >= 15 is 0 Å². The zero-order valence-corrected chi connectivity index (χ0v) is 14.8. The van der Waals surface area contributed by atoms with Crippen molar-refractivity contribution < 1.29 is 19.1 Å². The molecule has 1 aromatic rings. The summed E-state index contributed by atoms with van der Waals surface area (Å²) in [5.74, 6) is -0.0567. The van der Waals surface area contributed by atoms with Crippen molar-refractivity contribution >= 4 is 11.8 Å². The third-order valence-corrected chi connectivity index (χ3v) is 6.48. The van der Waals surface area contributed by atoms with E-state index in [0.29, 0.717) is 26.3 Å². The third kappa shape index (κ3) is 2.28. The standard InChI is InChI=1S/C20H24N2O4/c23-18-17(19(24)22-9-11-25-12-10-22)16-13-5-1-2-7-15(13)26-20(21-18)8-4-3-6-14(16)20/h1-2,5,7,14,16-17H,3-4,6,8-12H2,(H,21,23)/t14-,16+,17-,20+/m0/s1. The Morgan fingerprint density at radius 2 is 2.00 bits per heavy atom. The number of nitrogens with zero attached hydrogens (tertiary/aromatic N) is 1. The van der Waals surface area contributed by atoms with Crippen LogP contribution < -0.4 is 10.1 Å². The fourth-order valence-corrected chi connectivity index (χ4v) is 5.32. The number of morpholine rings is 1. The van der Waals surface area contributed by atoms with E-state index in [4.69, 9.17) is 9.47 Å². The lowest BCUT2D eigenvalue weighted by Gasteiger charge is -2.56. The van der Waals surface area contributed by atoms with Crippen LogP contribution in [0.25, 0.3) is 0 Å². The number of benzene rings is 1. The van der Waals surface area contributed by atoms with E-state index in [1.54, 1.807) is 4.90 Å². The van der Waals surface area contributed by atoms with E-state index in [-0.39, 0.29) is 23.7 Å². The molecular formula is C20H24N2O4. The lowest BCUT2D eigenvalue weighted by Crippen LogP contribution is -2.70. The molecule has 2 bridgehead atoms. The Balaban J connectivity index is 1.58. The maximum absolute atomic E-state index is 13.3. The second-order valence-electron chi connectivity index (χ2n) is 7.81. The van der Waals surface area contributed by atoms with Gasteiger partial charge in [0.25, 0.3) is 0 Å². The van der Waals surface area contributed by atoms with Gasteiger partial charge in [0.1, 0.15) is 11.7 Å². The first kappa shape index (κ1) is 16.1. The van der Waals surface area contributed by atoms with E-state index in [2.05, 4.69) is 5.32 Å². The first-order valence-corrected chi connectivity index (χ1v) is 9.66. The summed E-state index contributed by atoms with van der Waals surface area (Å²) in [5, 5.41) is 3.13. The van der Waals surface area contributed by atoms with Crippen LogP contribution in [0.4, 0.5) is 0 Å². The molecule has 3 aliphatic heterocycles. The first-order valence-electron chi connectivity index (χ1n) is 9.66. The fraction of sp³-hybridized carbons (Fsp3) is 0.600. The van der Waals surface area contributed by atoms with Crippen LogP contribution in [0.15, 0.2) is 24.3 Å². The summed E-state index contributed by atoms with van der Waals surface area (Å²) in [6, 6.07) is 7.91. The highest BCUT2D eigenvalue weighted by Gasteiger charge is 2.61. The van der Waals surface area contributed by atoms with Crippen molar-refractivity contribution in [3.05, 3.63) is 29.8 Å². The molecule has 2 saturated heterocycles. The van der Waals surface area contributed by atoms with Crippen molar-refractivity contribution in [2.24, 2.45) is 11.8 Å². The Hall–Kier alpha value is -2.08. The van der Waals surface area contributed by atoms with Crippen molar-refractivity contribution in [3.8, 4) is 5.75 Å². The first-order chi connectivity index (χ1) is 12.7. The second-order valence-corrected chi connectivity index (χ2v) is 7.81. The molecule has 1 saturated carbocycles. The molecule has 3 heterocycles. The summed E-state index contributed by atoms with van der Waals surface area (Å²) < 4.78 is 11.7. The normalized spacial score (nSPS) is 35.6. The number of amides is 2. The van der Waals surface area contributed by atoms with Crippen LogP contribution in [0.3, 0.4) is 0 Å². The minimum Gasteiger partial charge on any atom is -0.467 e. The molecule has 1 aromatic carbocycles. The number of piperidine rings is 1. The van der Waals surface area contributed by atoms with Crippen molar-refractivity contribution in [1.29, 1.82) is 0 Å². The van der Waals surface area contributed by atoms with Gasteiger partial charge in [-0.1, -0.05) is 24.6 Å². The van der Waals surface area contributed by atoms with Crippen molar-refractivity contribution in [2.75, 3.05) is 26.3 Å². The Kier molecular flexibility index (Phi) is 3.71. The van der Waals surface area contributed by atoms with Crippen LogP contribution in [0.1, 0.15) is 37.2 Å². The van der Waals surface area contributed by atoms with Crippen molar-refractivity contribution in [2.45, 2.75) is 37.3 Å². The number of nitrogens with one attached hydrogen (secondary N) is 1. The predicted molar refractivity (Wildman–Crippen MR) is 93.5 cm³/mol. The van der Waals surface area contributed by atoms with Gasteiger partial charge >= 0.3 is 0 Å². The lowest BCUT2D eigenvalue weighted by molar-refractivity contribution is -0.167. The maximum Gasteiger partial charge on any atom is 0.236 e. The molecule has 6 heteroatoms. The summed E-state index contributed by atoms with van der Waals surface area (Å²) in [7, 11) is 0. The van der Waals surface area contributed by atoms with Crippen LogP contribution in [0, 0.1) is 11.8 Å². The summed E-state index contributed by atoms with van der Waals surface area (Å²) >= 11 is 0. The quantitative estimate of drug-likeness (QED) is 0.777. The third-order valence-electron chi connectivity index (χ3n) is 6.48. The Morgan fingerprint density at radius 3 is 2.85 bits per heavy atom. The number of hydrogen-bond acceptors (Lipinski definition) is 4. The van der Waals surface area contributed by atoms with Crippen LogP contribution in [0.5, 0.6) is 5.75 Å². The summed E-state index contributed by atoms with van der Waals surface area (Å²) in [6.07, 6.45) is 3.94. The van der Waals surface area contributed by atoms with E-state index < -0.39 is 11.6 Å². The Labute approximate surface area is 152 Å². The monoisotopic (exact) mass is 356 g/mol. The predicted octanol–water partition coefficient (Wildman–Crippen LogP) is 1.65. The number of fused-ring (bicyclic) bond motifs is 2. The minimum absolute atomic E-state index is 0.0633. The van der Waals surface area contributed by atoms with Crippen molar-refractivity contribution in [1.82, 2.24) is 10.2 Å². The van der Waals surface area contributed by atoms with Gasteiger partial charge in [0.05, 0.1) is 13.2 Å². The molecule has 4 atom stereocenters. The van der Waals surface area contributed by atoms with Gasteiger partial charge in [-0.15, -0.1) is 0 Å². The maximum atomic E-state index is 13.3. The van der Waals surface area contributed by atoms with Crippen molar-refractivity contribution in [3.63, 3.8) is 0 Å². The molecule has 26 heavy (non-hydrogen) atoms. The highest BCUT2D eigenvalue weighted by atomic mass is 16.5. The summed E-state index contributed by atoms with van der Waals surface area (Å²) in [4.78, 5) is 28.2. The topological polar surface area (TPSA) is 67.9 Å². The molecule has 0 radical (unpaired) electrons. The number of hydrogen-bond donors (Lipinski definition) is 1. The van der Waals surface area contributed by atoms with Crippen LogP contribution >= 0.6 is 0 Å². The molecule has 0 spiro atoms. The molecule has 0 aromatic heterocycles. The molecule has 1 aliphatic carbocycles. The van der Waals surface area contributed by atoms with E-state index in [1.807, 2.05) is 24.3 Å². The van der Waals surface area contributed by atoms with Gasteiger partial charge < -0.3 is 19.7 Å². The number of para-hydroxylation sites is 1. The van der Waals surface area contributed by atoms with Gasteiger partial charge in [-0.25, -0.2) is 0 Å². The molecule has 4 aliphatic rings. The van der Waals surface area contributed by atoms with E-state index in [1.165, 1.54) is 0 Å². The molecular weight excluding hydrogens is 332 g/mol. The minimum atomic E-state index is -0.672. The van der Waals surface area contributed by atoms with Gasteiger partial charge in [-0.3, -0.25) is 9.59 Å². The molecule has 0 unspecified atom stereocenters. The average molecular weight is 356 g/mol. The Bertz CT molecular complexity index is 745. The number of carbonyl (C=O) groups excluding carboxylic acids is 2. The highest BCUT2D eigenvalue weighted by molar-refractivity contribution is 6.02. The Morgan fingerprint density at radius 1 is 1.19 bits per heavy atom. The van der Waals surface area contributed by atoms with Gasteiger partial charge in [0.2, 0.25) is 11.8 Å². The largest absolute Gasteiger partial charge is 0.467 e. The van der Waals surface area contributed by atoms with Gasteiger partial charge in [0, 0.05) is 31.3 Å². The lowest BCUT2D eigenvalue weighted by atomic mass is 9.62. The zero-order valence-electron chi connectivity index (χ0n) is 14.8. The molecule has 3 fully saturated rings. The summed E-state index contributed by atoms with van der Waals surface area (Å²) in [5.41, 5.74) is 0.368. The number of ether oxygens (including phenoxy) is 2. The van der Waals surface area contributed by atoms with E-state index in [9.17, 15) is 9.59 Å². The number of carbonyl (C=O) groups is 2. The van der Waals surface area contributed by atoms with Gasteiger partial charge in [-0.05, 0) is 24.5 Å². The van der Waals surface area contributed by atoms with Gasteiger partial charge in [0.15, 0.2) is 5.72 Å². The summed E-state index contributed by atoms with van der Waals surface area (Å²) in [6.45, 7) is 2.20. The second kappa shape index (κ2) is 5.98. The molecule has 138 valence electrons. The van der Waals surface area contributed by atoms with Crippen LogP contribution in [0.2, 0.25) is 0 Å². The fourth-order valence-electron chi connectivity index (χ4n) is 5.32. The molecule has 1 N–H and O–H groups in total. The number of rotatable bonds is 1. The van der Waals surface area contributed by atoms with Gasteiger partial charge in [-0.2, -0.15) is 0 Å². The van der Waals surface area contributed by atoms with Crippen LogP contribution in [-0.4, -0.2) is 48.7 Å². The zero-order chi connectivity index (χ0) is 17.7. The smallest absolute Gasteiger partial charge is 0.236 e. The SMILES string of the molecule is O=C1N[C@@]23CCCC[C@H]2[C@@H](c2ccccc2O3)[C@@H]1C(=O)N1CCOCC1. The molecule has 6 nitrogen and oxygen atoms in total. The average Bonchev–Trinajstić information content (AvgIpc) is 2.67. The molecule has 5 rings (SSSR count). The molecule has 2 amide bonds. The van der Waals surface area contributed by atoms with E-state index in [0.717, 1.165) is 37.0 Å².